The van der Waals surface area contributed by atoms with E-state index in [1.165, 1.54) is 6.07 Å². The number of nitrogens with zero attached hydrogens (tertiary/aromatic N) is 3. The molecular formula is C12H13BrN4O2. The van der Waals surface area contributed by atoms with Crippen molar-refractivity contribution >= 4 is 27.3 Å². The minimum atomic E-state index is -0.381. The third-order valence-corrected chi connectivity index (χ3v) is 3.50. The molecule has 0 saturated heterocycles. The largest absolute Gasteiger partial charge is 0.377 e. The molecule has 0 bridgehead atoms. The number of aromatic nitrogens is 2. The Hall–Kier alpha value is -1.89. The summed E-state index contributed by atoms with van der Waals surface area (Å²) >= 11 is 3.40. The fraction of sp³-hybridized carbons (Fsp3) is 0.250. The number of hydrogen-bond donors (Lipinski definition) is 1. The Bertz CT molecular complexity index is 624. The maximum Gasteiger partial charge on any atom is 0.274 e. The van der Waals surface area contributed by atoms with Crippen LogP contribution < -0.4 is 5.32 Å². The molecule has 0 unspecified atom stereocenters. The number of aryl methyl sites for hydroxylation is 2. The summed E-state index contributed by atoms with van der Waals surface area (Å²) in [5.74, 6) is 0.857. The number of benzene rings is 1. The van der Waals surface area contributed by atoms with Crippen LogP contribution >= 0.6 is 15.9 Å². The van der Waals surface area contributed by atoms with Crippen LogP contribution in [-0.4, -0.2) is 14.5 Å². The van der Waals surface area contributed by atoms with E-state index in [-0.39, 0.29) is 10.6 Å². The molecule has 2 rings (SSSR count). The lowest BCUT2D eigenvalue weighted by molar-refractivity contribution is -0.385. The Morgan fingerprint density at radius 3 is 2.84 bits per heavy atom. The third-order valence-electron chi connectivity index (χ3n) is 2.84. The van der Waals surface area contributed by atoms with Crippen molar-refractivity contribution in [1.29, 1.82) is 0 Å². The lowest BCUT2D eigenvalue weighted by atomic mass is 10.2. The molecule has 0 atom stereocenters. The first-order valence-corrected chi connectivity index (χ1v) is 6.43. The zero-order valence-corrected chi connectivity index (χ0v) is 12.1. The van der Waals surface area contributed by atoms with Crippen molar-refractivity contribution in [2.24, 2.45) is 7.05 Å². The van der Waals surface area contributed by atoms with Crippen LogP contribution in [-0.2, 0) is 13.6 Å². The van der Waals surface area contributed by atoms with Gasteiger partial charge in [-0.25, -0.2) is 4.98 Å². The molecule has 0 amide bonds. The highest BCUT2D eigenvalue weighted by molar-refractivity contribution is 9.10. The summed E-state index contributed by atoms with van der Waals surface area (Å²) in [7, 11) is 1.90. The monoisotopic (exact) mass is 324 g/mol. The maximum absolute atomic E-state index is 10.9. The van der Waals surface area contributed by atoms with Gasteiger partial charge in [0, 0.05) is 35.5 Å². The molecule has 6 nitrogen and oxygen atoms in total. The highest BCUT2D eigenvalue weighted by atomic mass is 79.9. The zero-order chi connectivity index (χ0) is 14.0. The molecule has 0 aliphatic heterocycles. The molecule has 0 radical (unpaired) electrons. The standard InChI is InChI=1S/C12H13BrN4O2/c1-8-5-9(13)10(6-11(8)17(18)19)15-7-12-14-3-4-16(12)2/h3-6,15H,7H2,1-2H3. The van der Waals surface area contributed by atoms with Gasteiger partial charge in [0.15, 0.2) is 0 Å². The molecule has 100 valence electrons. The maximum atomic E-state index is 10.9. The first-order valence-electron chi connectivity index (χ1n) is 5.63. The minimum absolute atomic E-state index is 0.102. The van der Waals surface area contributed by atoms with Crippen LogP contribution in [0.5, 0.6) is 0 Å². The van der Waals surface area contributed by atoms with Gasteiger partial charge in [0.05, 0.1) is 17.2 Å². The molecule has 1 heterocycles. The van der Waals surface area contributed by atoms with Gasteiger partial charge < -0.3 is 9.88 Å². The van der Waals surface area contributed by atoms with Crippen molar-refractivity contribution < 1.29 is 4.92 Å². The van der Waals surface area contributed by atoms with Crippen LogP contribution in [0.2, 0.25) is 0 Å². The number of imidazole rings is 1. The van der Waals surface area contributed by atoms with Gasteiger partial charge in [0.25, 0.3) is 5.69 Å². The number of nitro benzene ring substituents is 1. The topological polar surface area (TPSA) is 73.0 Å². The summed E-state index contributed by atoms with van der Waals surface area (Å²) in [6.45, 7) is 2.22. The summed E-state index contributed by atoms with van der Waals surface area (Å²) in [6.07, 6.45) is 3.56. The number of rotatable bonds is 4. The van der Waals surface area contributed by atoms with E-state index in [0.717, 1.165) is 10.3 Å². The molecule has 1 aromatic heterocycles. The summed E-state index contributed by atoms with van der Waals surface area (Å²) in [4.78, 5) is 14.7. The average molecular weight is 325 g/mol. The SMILES string of the molecule is Cc1cc(Br)c(NCc2nccn2C)cc1[N+](=O)[O-]. The first kappa shape index (κ1) is 13.5. The lowest BCUT2D eigenvalue weighted by Crippen LogP contribution is -2.06. The molecule has 19 heavy (non-hydrogen) atoms. The summed E-state index contributed by atoms with van der Waals surface area (Å²) < 4.78 is 2.69. The van der Waals surface area contributed by atoms with Crippen LogP contribution in [0.25, 0.3) is 0 Å². The van der Waals surface area contributed by atoms with Gasteiger partial charge in [-0.05, 0) is 28.9 Å². The Balaban J connectivity index is 2.23. The quantitative estimate of drug-likeness (QED) is 0.693. The Morgan fingerprint density at radius 2 is 2.26 bits per heavy atom. The number of nitro groups is 1. The van der Waals surface area contributed by atoms with Gasteiger partial charge in [-0.1, -0.05) is 0 Å². The normalized spacial score (nSPS) is 10.5. The van der Waals surface area contributed by atoms with Gasteiger partial charge in [-0.3, -0.25) is 10.1 Å². The Labute approximate surface area is 118 Å². The van der Waals surface area contributed by atoms with E-state index in [1.54, 1.807) is 19.2 Å². The van der Waals surface area contributed by atoms with Crippen LogP contribution in [0.1, 0.15) is 11.4 Å². The number of anilines is 1. The lowest BCUT2D eigenvalue weighted by Gasteiger charge is -2.09. The van der Waals surface area contributed by atoms with Crippen LogP contribution in [0.3, 0.4) is 0 Å². The van der Waals surface area contributed by atoms with E-state index in [1.807, 2.05) is 17.8 Å². The van der Waals surface area contributed by atoms with Gasteiger partial charge in [-0.15, -0.1) is 0 Å². The summed E-state index contributed by atoms with van der Waals surface area (Å²) in [5.41, 5.74) is 1.41. The van der Waals surface area contributed by atoms with E-state index < -0.39 is 0 Å². The summed E-state index contributed by atoms with van der Waals surface area (Å²) in [5, 5.41) is 14.1. The molecule has 0 aliphatic carbocycles. The van der Waals surface area contributed by atoms with Crippen LogP contribution in [0.15, 0.2) is 29.0 Å². The molecule has 0 fully saturated rings. The number of halogens is 1. The Morgan fingerprint density at radius 1 is 1.53 bits per heavy atom. The second kappa shape index (κ2) is 5.40. The van der Waals surface area contributed by atoms with Crippen molar-refractivity contribution in [2.75, 3.05) is 5.32 Å². The predicted molar refractivity (Wildman–Crippen MR) is 76.1 cm³/mol. The number of hydrogen-bond acceptors (Lipinski definition) is 4. The molecule has 1 N–H and O–H groups in total. The molecule has 0 saturated carbocycles. The second-order valence-corrected chi connectivity index (χ2v) is 5.04. The fourth-order valence-electron chi connectivity index (χ4n) is 1.73. The van der Waals surface area contributed by atoms with Crippen molar-refractivity contribution in [3.05, 3.63) is 50.5 Å². The van der Waals surface area contributed by atoms with E-state index in [0.29, 0.717) is 17.8 Å². The average Bonchev–Trinajstić information content (AvgIpc) is 2.73. The predicted octanol–water partition coefficient (Wildman–Crippen LogP) is 3.01. The third kappa shape index (κ3) is 2.93. The van der Waals surface area contributed by atoms with E-state index >= 15 is 0 Å². The van der Waals surface area contributed by atoms with E-state index in [2.05, 4.69) is 26.2 Å². The highest BCUT2D eigenvalue weighted by Gasteiger charge is 2.14. The van der Waals surface area contributed by atoms with E-state index in [4.69, 9.17) is 0 Å². The minimum Gasteiger partial charge on any atom is -0.377 e. The number of nitrogens with one attached hydrogen (secondary N) is 1. The van der Waals surface area contributed by atoms with Gasteiger partial charge >= 0.3 is 0 Å². The molecule has 7 heteroatoms. The van der Waals surface area contributed by atoms with Crippen LogP contribution in [0.4, 0.5) is 11.4 Å². The van der Waals surface area contributed by atoms with Gasteiger partial charge in [0.2, 0.25) is 0 Å². The molecule has 0 spiro atoms. The highest BCUT2D eigenvalue weighted by Crippen LogP contribution is 2.30. The summed E-state index contributed by atoms with van der Waals surface area (Å²) in [6, 6.07) is 3.27. The molecule has 2 aromatic rings. The second-order valence-electron chi connectivity index (χ2n) is 4.18. The van der Waals surface area contributed by atoms with Crippen molar-refractivity contribution in [3.8, 4) is 0 Å². The molecule has 0 aliphatic rings. The van der Waals surface area contributed by atoms with Crippen molar-refractivity contribution in [1.82, 2.24) is 9.55 Å². The zero-order valence-electron chi connectivity index (χ0n) is 10.6. The van der Waals surface area contributed by atoms with Crippen molar-refractivity contribution in [3.63, 3.8) is 0 Å². The first-order chi connectivity index (χ1) is 8.99. The Kier molecular flexibility index (Phi) is 3.84. The van der Waals surface area contributed by atoms with E-state index in [9.17, 15) is 10.1 Å². The van der Waals surface area contributed by atoms with Crippen molar-refractivity contribution in [2.45, 2.75) is 13.5 Å². The van der Waals surface area contributed by atoms with Gasteiger partial charge in [0.1, 0.15) is 5.82 Å². The van der Waals surface area contributed by atoms with Crippen LogP contribution in [0, 0.1) is 17.0 Å². The smallest absolute Gasteiger partial charge is 0.274 e. The molecule has 1 aromatic carbocycles. The van der Waals surface area contributed by atoms with Gasteiger partial charge in [-0.2, -0.15) is 0 Å². The fourth-order valence-corrected chi connectivity index (χ4v) is 2.33. The molecular weight excluding hydrogens is 312 g/mol.